The highest BCUT2D eigenvalue weighted by atomic mass is 16.6. The van der Waals surface area contributed by atoms with Crippen LogP contribution in [0.15, 0.2) is 18.6 Å². The van der Waals surface area contributed by atoms with Gasteiger partial charge in [0.1, 0.15) is 35.8 Å². The van der Waals surface area contributed by atoms with Crippen molar-refractivity contribution in [2.24, 2.45) is 7.05 Å². The molecule has 0 aliphatic heterocycles. The molecule has 0 bridgehead atoms. The Kier molecular flexibility index (Phi) is 3.85. The van der Waals surface area contributed by atoms with E-state index in [-0.39, 0.29) is 11.3 Å². The summed E-state index contributed by atoms with van der Waals surface area (Å²) in [5, 5.41) is 30.2. The summed E-state index contributed by atoms with van der Waals surface area (Å²) in [6.45, 7) is 0.492. The molecule has 9 nitrogen and oxygen atoms in total. The van der Waals surface area contributed by atoms with Crippen molar-refractivity contribution in [1.82, 2.24) is 19.7 Å². The second-order valence-corrected chi connectivity index (χ2v) is 3.99. The Balaban J connectivity index is 2.05. The van der Waals surface area contributed by atoms with Gasteiger partial charge in [0.25, 0.3) is 5.69 Å². The molecule has 0 amide bonds. The van der Waals surface area contributed by atoms with E-state index >= 15 is 0 Å². The summed E-state index contributed by atoms with van der Waals surface area (Å²) in [6.07, 6.45) is 3.31. The van der Waals surface area contributed by atoms with Crippen LogP contribution in [-0.4, -0.2) is 31.2 Å². The van der Waals surface area contributed by atoms with Crippen LogP contribution in [-0.2, 0) is 13.5 Å². The summed E-state index contributed by atoms with van der Waals surface area (Å²) in [7, 11) is 1.83. The molecule has 20 heavy (non-hydrogen) atoms. The lowest BCUT2D eigenvalue weighted by Gasteiger charge is -2.06. The summed E-state index contributed by atoms with van der Waals surface area (Å²) in [4.78, 5) is 13.9. The van der Waals surface area contributed by atoms with Crippen molar-refractivity contribution in [3.8, 4) is 6.07 Å². The van der Waals surface area contributed by atoms with Gasteiger partial charge >= 0.3 is 0 Å². The summed E-state index contributed by atoms with van der Waals surface area (Å²) >= 11 is 0. The molecule has 0 saturated carbocycles. The molecule has 9 heteroatoms. The van der Waals surface area contributed by atoms with Gasteiger partial charge in [0.15, 0.2) is 0 Å². The van der Waals surface area contributed by atoms with E-state index < -0.39 is 4.92 Å². The molecule has 0 fully saturated rings. The van der Waals surface area contributed by atoms with E-state index in [1.165, 1.54) is 6.07 Å². The fourth-order valence-electron chi connectivity index (χ4n) is 1.61. The van der Waals surface area contributed by atoms with Gasteiger partial charge in [-0.15, -0.1) is 10.2 Å². The maximum Gasteiger partial charge on any atom is 0.289 e. The van der Waals surface area contributed by atoms with Crippen LogP contribution in [0.5, 0.6) is 0 Å². The van der Waals surface area contributed by atoms with Crippen molar-refractivity contribution < 1.29 is 4.92 Å². The van der Waals surface area contributed by atoms with E-state index in [1.54, 1.807) is 10.9 Å². The summed E-state index contributed by atoms with van der Waals surface area (Å²) in [5.41, 5.74) is -0.0717. The molecule has 0 aromatic carbocycles. The molecule has 0 aliphatic carbocycles. The molecule has 102 valence electrons. The highest BCUT2D eigenvalue weighted by Gasteiger charge is 2.12. The van der Waals surface area contributed by atoms with E-state index in [2.05, 4.69) is 20.5 Å². The number of aryl methyl sites for hydroxylation is 1. The minimum Gasteiger partial charge on any atom is -0.369 e. The molecule has 2 heterocycles. The molecule has 0 unspecified atom stereocenters. The molecule has 2 rings (SSSR count). The number of nitrogens with one attached hydrogen (secondary N) is 1. The Morgan fingerprint density at radius 3 is 3.00 bits per heavy atom. The smallest absolute Gasteiger partial charge is 0.289 e. The van der Waals surface area contributed by atoms with Crippen molar-refractivity contribution in [3.63, 3.8) is 0 Å². The number of hydrogen-bond donors (Lipinski definition) is 1. The SMILES string of the molecule is Cn1cnnc1CCNc1ncc([N+](=O)[O-])cc1C#N. The molecule has 0 saturated heterocycles. The van der Waals surface area contributed by atoms with Crippen molar-refractivity contribution >= 4 is 11.5 Å². The molecule has 0 aliphatic rings. The Labute approximate surface area is 114 Å². The van der Waals surface area contributed by atoms with Gasteiger partial charge in [0, 0.05) is 26.1 Å². The molecule has 2 aromatic heterocycles. The number of pyridine rings is 1. The number of aromatic nitrogens is 4. The fourth-order valence-corrected chi connectivity index (χ4v) is 1.61. The minimum atomic E-state index is -0.586. The van der Waals surface area contributed by atoms with Gasteiger partial charge in [-0.05, 0) is 0 Å². The average Bonchev–Trinajstić information content (AvgIpc) is 2.84. The van der Waals surface area contributed by atoms with Gasteiger partial charge in [-0.2, -0.15) is 5.26 Å². The zero-order valence-corrected chi connectivity index (χ0v) is 10.6. The van der Waals surface area contributed by atoms with E-state index in [4.69, 9.17) is 5.26 Å². The first-order valence-electron chi connectivity index (χ1n) is 5.73. The van der Waals surface area contributed by atoms with Crippen LogP contribution in [0.2, 0.25) is 0 Å². The number of nitro groups is 1. The number of nitriles is 1. The van der Waals surface area contributed by atoms with Gasteiger partial charge < -0.3 is 9.88 Å². The van der Waals surface area contributed by atoms with Crippen molar-refractivity contribution in [3.05, 3.63) is 40.1 Å². The van der Waals surface area contributed by atoms with Gasteiger partial charge in [-0.1, -0.05) is 0 Å². The zero-order chi connectivity index (χ0) is 14.5. The van der Waals surface area contributed by atoms with Crippen LogP contribution in [0.25, 0.3) is 0 Å². The van der Waals surface area contributed by atoms with Crippen molar-refractivity contribution in [1.29, 1.82) is 5.26 Å². The minimum absolute atomic E-state index is 0.136. The molecule has 0 atom stereocenters. The van der Waals surface area contributed by atoms with Crippen LogP contribution in [0.4, 0.5) is 11.5 Å². The van der Waals surface area contributed by atoms with Crippen molar-refractivity contribution in [2.75, 3.05) is 11.9 Å². The van der Waals surface area contributed by atoms with Crippen LogP contribution in [0, 0.1) is 21.4 Å². The standard InChI is InChI=1S/C11H11N7O2/c1-17-7-15-16-10(17)2-3-13-11-8(5-12)4-9(6-14-11)18(19)20/h4,6-7H,2-3H2,1H3,(H,13,14). The zero-order valence-electron chi connectivity index (χ0n) is 10.6. The molecule has 2 aromatic rings. The Morgan fingerprint density at radius 1 is 1.60 bits per heavy atom. The number of hydrogen-bond acceptors (Lipinski definition) is 7. The van der Waals surface area contributed by atoms with E-state index in [0.29, 0.717) is 18.8 Å². The quantitative estimate of drug-likeness (QED) is 0.626. The van der Waals surface area contributed by atoms with Gasteiger partial charge in [0.05, 0.1) is 4.92 Å². The third kappa shape index (κ3) is 2.86. The average molecular weight is 273 g/mol. The first-order valence-corrected chi connectivity index (χ1v) is 5.73. The lowest BCUT2D eigenvalue weighted by molar-refractivity contribution is -0.385. The summed E-state index contributed by atoms with van der Waals surface area (Å²) in [6, 6.07) is 3.08. The maximum atomic E-state index is 10.6. The monoisotopic (exact) mass is 273 g/mol. The van der Waals surface area contributed by atoms with Gasteiger partial charge in [0.2, 0.25) is 0 Å². The third-order valence-electron chi connectivity index (χ3n) is 2.65. The van der Waals surface area contributed by atoms with Crippen LogP contribution in [0.3, 0.4) is 0 Å². The van der Waals surface area contributed by atoms with Crippen LogP contribution < -0.4 is 5.32 Å². The normalized spacial score (nSPS) is 10.0. The van der Waals surface area contributed by atoms with E-state index in [9.17, 15) is 10.1 Å². The predicted molar refractivity (Wildman–Crippen MR) is 68.8 cm³/mol. The third-order valence-corrected chi connectivity index (χ3v) is 2.65. The lowest BCUT2D eigenvalue weighted by Crippen LogP contribution is -2.10. The Morgan fingerprint density at radius 2 is 2.40 bits per heavy atom. The lowest BCUT2D eigenvalue weighted by atomic mass is 10.2. The van der Waals surface area contributed by atoms with Crippen LogP contribution in [0.1, 0.15) is 11.4 Å². The van der Waals surface area contributed by atoms with E-state index in [0.717, 1.165) is 12.0 Å². The second-order valence-electron chi connectivity index (χ2n) is 3.99. The highest BCUT2D eigenvalue weighted by molar-refractivity contribution is 5.55. The Hall–Kier alpha value is -3.02. The number of nitrogens with zero attached hydrogens (tertiary/aromatic N) is 6. The second kappa shape index (κ2) is 5.75. The Bertz CT molecular complexity index is 674. The molecule has 0 radical (unpaired) electrons. The van der Waals surface area contributed by atoms with Gasteiger partial charge in [-0.25, -0.2) is 4.98 Å². The molecular formula is C11H11N7O2. The first kappa shape index (κ1) is 13.4. The maximum absolute atomic E-state index is 10.6. The van der Waals surface area contributed by atoms with Gasteiger partial charge in [-0.3, -0.25) is 10.1 Å². The predicted octanol–water partition coefficient (Wildman–Crippen LogP) is 0.645. The number of anilines is 1. The molecule has 1 N–H and O–H groups in total. The fraction of sp³-hybridized carbons (Fsp3) is 0.273. The van der Waals surface area contributed by atoms with Crippen LogP contribution >= 0.6 is 0 Å². The van der Waals surface area contributed by atoms with Crippen molar-refractivity contribution in [2.45, 2.75) is 6.42 Å². The largest absolute Gasteiger partial charge is 0.369 e. The van der Waals surface area contributed by atoms with E-state index in [1.807, 2.05) is 13.1 Å². The highest BCUT2D eigenvalue weighted by Crippen LogP contribution is 2.17. The summed E-state index contributed by atoms with van der Waals surface area (Å²) in [5.74, 6) is 1.11. The molecular weight excluding hydrogens is 262 g/mol. The summed E-state index contributed by atoms with van der Waals surface area (Å²) < 4.78 is 1.79. The first-order chi connectivity index (χ1) is 9.61. The topological polar surface area (TPSA) is 123 Å². The number of rotatable bonds is 5. The molecule has 0 spiro atoms.